The first-order valence-corrected chi connectivity index (χ1v) is 6.14. The predicted molar refractivity (Wildman–Crippen MR) is 60.7 cm³/mol. The molecule has 0 heterocycles. The van der Waals surface area contributed by atoms with Crippen LogP contribution in [0, 0.1) is 11.8 Å². The first kappa shape index (κ1) is 12.4. The van der Waals surface area contributed by atoms with Crippen molar-refractivity contribution in [3.05, 3.63) is 0 Å². The second-order valence-electron chi connectivity index (χ2n) is 5.11. The second-order valence-corrected chi connectivity index (χ2v) is 5.11. The summed E-state index contributed by atoms with van der Waals surface area (Å²) in [6.45, 7) is 4.03. The lowest BCUT2D eigenvalue weighted by Gasteiger charge is -2.19. The van der Waals surface area contributed by atoms with E-state index in [2.05, 4.69) is 0 Å². The van der Waals surface area contributed by atoms with E-state index in [1.165, 1.54) is 6.42 Å². The van der Waals surface area contributed by atoms with Crippen LogP contribution in [-0.2, 0) is 9.59 Å². The highest BCUT2D eigenvalue weighted by Gasteiger charge is 2.22. The zero-order valence-electron chi connectivity index (χ0n) is 9.92. The van der Waals surface area contributed by atoms with Crippen LogP contribution in [0.5, 0.6) is 0 Å². The maximum atomic E-state index is 11.8. The van der Waals surface area contributed by atoms with Gasteiger partial charge in [0.2, 0.25) is 0 Å². The third kappa shape index (κ3) is 4.59. The second kappa shape index (κ2) is 6.04. The molecule has 1 saturated carbocycles. The molecule has 1 rings (SSSR count). The van der Waals surface area contributed by atoms with Crippen molar-refractivity contribution in [2.75, 3.05) is 0 Å². The molecule has 1 aliphatic rings. The molecule has 0 aromatic carbocycles. The Balaban J connectivity index is 2.30. The van der Waals surface area contributed by atoms with Crippen LogP contribution < -0.4 is 0 Å². The van der Waals surface area contributed by atoms with E-state index in [-0.39, 0.29) is 23.9 Å². The van der Waals surface area contributed by atoms with Gasteiger partial charge in [0.15, 0.2) is 0 Å². The third-order valence-electron chi connectivity index (χ3n) is 3.07. The van der Waals surface area contributed by atoms with E-state index in [0.717, 1.165) is 25.7 Å². The smallest absolute Gasteiger partial charge is 0.143 e. The summed E-state index contributed by atoms with van der Waals surface area (Å²) < 4.78 is 0. The van der Waals surface area contributed by atoms with Gasteiger partial charge >= 0.3 is 0 Å². The van der Waals surface area contributed by atoms with Gasteiger partial charge in [-0.3, -0.25) is 9.59 Å². The molecular formula is C13H22O2. The average molecular weight is 210 g/mol. The summed E-state index contributed by atoms with van der Waals surface area (Å²) in [6.07, 6.45) is 6.33. The quantitative estimate of drug-likeness (QED) is 0.653. The molecule has 0 bridgehead atoms. The van der Waals surface area contributed by atoms with E-state index >= 15 is 0 Å². The minimum atomic E-state index is 0.126. The fraction of sp³-hybridized carbons (Fsp3) is 0.846. The fourth-order valence-corrected chi connectivity index (χ4v) is 2.29. The third-order valence-corrected chi connectivity index (χ3v) is 3.07. The Morgan fingerprint density at radius 1 is 1.13 bits per heavy atom. The Labute approximate surface area is 92.4 Å². The summed E-state index contributed by atoms with van der Waals surface area (Å²) in [5, 5.41) is 0. The molecule has 0 aliphatic heterocycles. The summed E-state index contributed by atoms with van der Waals surface area (Å²) in [5.74, 6) is 0.882. The first-order chi connectivity index (χ1) is 7.09. The van der Waals surface area contributed by atoms with Gasteiger partial charge in [-0.2, -0.15) is 0 Å². The van der Waals surface area contributed by atoms with Crippen LogP contribution in [0.25, 0.3) is 0 Å². The zero-order chi connectivity index (χ0) is 11.3. The van der Waals surface area contributed by atoms with Crippen molar-refractivity contribution < 1.29 is 9.59 Å². The highest BCUT2D eigenvalue weighted by atomic mass is 16.1. The molecule has 2 heteroatoms. The normalized spacial score (nSPS) is 18.1. The van der Waals surface area contributed by atoms with E-state index in [0.29, 0.717) is 12.3 Å². The van der Waals surface area contributed by atoms with E-state index in [9.17, 15) is 9.59 Å². The molecule has 1 aliphatic carbocycles. The Morgan fingerprint density at radius 2 is 1.73 bits per heavy atom. The van der Waals surface area contributed by atoms with Crippen molar-refractivity contribution in [1.29, 1.82) is 0 Å². The van der Waals surface area contributed by atoms with Crippen molar-refractivity contribution in [2.24, 2.45) is 11.8 Å². The van der Waals surface area contributed by atoms with Crippen LogP contribution in [0.2, 0.25) is 0 Å². The Morgan fingerprint density at radius 3 is 2.27 bits per heavy atom. The molecule has 0 atom stereocenters. The monoisotopic (exact) mass is 210 g/mol. The molecule has 0 N–H and O–H groups in total. The number of Topliss-reactive ketones (excluding diaryl/α,β-unsaturated/α-hetero) is 2. The van der Waals surface area contributed by atoms with Gasteiger partial charge in [0.05, 0.1) is 6.42 Å². The van der Waals surface area contributed by atoms with Gasteiger partial charge in [-0.15, -0.1) is 0 Å². The van der Waals surface area contributed by atoms with E-state index in [1.54, 1.807) is 0 Å². The summed E-state index contributed by atoms with van der Waals surface area (Å²) in [5.41, 5.74) is 0. The summed E-state index contributed by atoms with van der Waals surface area (Å²) >= 11 is 0. The van der Waals surface area contributed by atoms with Gasteiger partial charge in [-0.25, -0.2) is 0 Å². The highest BCUT2D eigenvalue weighted by Crippen LogP contribution is 2.25. The van der Waals surface area contributed by atoms with Gasteiger partial charge in [-0.1, -0.05) is 33.1 Å². The molecule has 15 heavy (non-hydrogen) atoms. The van der Waals surface area contributed by atoms with Gasteiger partial charge in [0.1, 0.15) is 11.6 Å². The van der Waals surface area contributed by atoms with Crippen molar-refractivity contribution in [2.45, 2.75) is 58.8 Å². The number of ketones is 2. The standard InChI is InChI=1S/C13H22O2/c1-10(2)8-12(14)9-13(15)11-6-4-3-5-7-11/h10-11H,3-9H2,1-2H3. The molecule has 0 aromatic heterocycles. The highest BCUT2D eigenvalue weighted by molar-refractivity contribution is 6.00. The topological polar surface area (TPSA) is 34.1 Å². The molecule has 0 radical (unpaired) electrons. The maximum absolute atomic E-state index is 11.8. The number of carbonyl (C=O) groups excluding carboxylic acids is 2. The number of rotatable bonds is 5. The summed E-state index contributed by atoms with van der Waals surface area (Å²) in [7, 11) is 0. The molecule has 0 spiro atoms. The van der Waals surface area contributed by atoms with Crippen LogP contribution in [0.3, 0.4) is 0 Å². The van der Waals surface area contributed by atoms with E-state index in [1.807, 2.05) is 13.8 Å². The number of hydrogen-bond acceptors (Lipinski definition) is 2. The first-order valence-electron chi connectivity index (χ1n) is 6.14. The molecule has 2 nitrogen and oxygen atoms in total. The average Bonchev–Trinajstić information content (AvgIpc) is 2.17. The molecule has 0 unspecified atom stereocenters. The Bertz CT molecular complexity index is 225. The Hall–Kier alpha value is -0.660. The number of carbonyl (C=O) groups is 2. The molecule has 1 fully saturated rings. The van der Waals surface area contributed by atoms with Gasteiger partial charge in [0, 0.05) is 12.3 Å². The lowest BCUT2D eigenvalue weighted by atomic mass is 9.84. The lowest BCUT2D eigenvalue weighted by molar-refractivity contribution is -0.130. The Kier molecular flexibility index (Phi) is 5.00. The minimum Gasteiger partial charge on any atom is -0.299 e. The zero-order valence-corrected chi connectivity index (χ0v) is 9.92. The van der Waals surface area contributed by atoms with Gasteiger partial charge in [-0.05, 0) is 18.8 Å². The molecule has 86 valence electrons. The van der Waals surface area contributed by atoms with Crippen molar-refractivity contribution >= 4 is 11.6 Å². The lowest BCUT2D eigenvalue weighted by Crippen LogP contribution is -2.21. The largest absolute Gasteiger partial charge is 0.299 e. The number of hydrogen-bond donors (Lipinski definition) is 0. The molecule has 0 saturated heterocycles. The SMILES string of the molecule is CC(C)CC(=O)CC(=O)C1CCCCC1. The van der Waals surface area contributed by atoms with Crippen LogP contribution >= 0.6 is 0 Å². The molecular weight excluding hydrogens is 188 g/mol. The van der Waals surface area contributed by atoms with Crippen LogP contribution in [0.4, 0.5) is 0 Å². The fourth-order valence-electron chi connectivity index (χ4n) is 2.29. The van der Waals surface area contributed by atoms with Gasteiger partial charge in [0.25, 0.3) is 0 Å². The minimum absolute atomic E-state index is 0.126. The van der Waals surface area contributed by atoms with E-state index in [4.69, 9.17) is 0 Å². The van der Waals surface area contributed by atoms with E-state index < -0.39 is 0 Å². The molecule has 0 amide bonds. The van der Waals surface area contributed by atoms with Crippen molar-refractivity contribution in [1.82, 2.24) is 0 Å². The predicted octanol–water partition coefficient (Wildman–Crippen LogP) is 3.14. The van der Waals surface area contributed by atoms with Crippen molar-refractivity contribution in [3.8, 4) is 0 Å². The summed E-state index contributed by atoms with van der Waals surface area (Å²) in [4.78, 5) is 23.3. The van der Waals surface area contributed by atoms with Crippen LogP contribution in [-0.4, -0.2) is 11.6 Å². The van der Waals surface area contributed by atoms with Crippen LogP contribution in [0.15, 0.2) is 0 Å². The van der Waals surface area contributed by atoms with Crippen LogP contribution in [0.1, 0.15) is 58.8 Å². The van der Waals surface area contributed by atoms with Gasteiger partial charge < -0.3 is 0 Å². The molecule has 0 aromatic rings. The maximum Gasteiger partial charge on any atom is 0.143 e. The summed E-state index contributed by atoms with van der Waals surface area (Å²) in [6, 6.07) is 0. The van der Waals surface area contributed by atoms with Crippen molar-refractivity contribution in [3.63, 3.8) is 0 Å².